The molecule has 1 amide bonds. The number of hydrogen-bond donors (Lipinski definition) is 2. The highest BCUT2D eigenvalue weighted by Crippen LogP contribution is 2.29. The third-order valence-electron chi connectivity index (χ3n) is 4.84. The molecule has 2 N–H and O–H groups in total. The van der Waals surface area contributed by atoms with E-state index in [0.29, 0.717) is 5.01 Å². The highest BCUT2D eigenvalue weighted by Gasteiger charge is 2.33. The molecule has 1 heterocycles. The van der Waals surface area contributed by atoms with E-state index in [4.69, 9.17) is 0 Å². The van der Waals surface area contributed by atoms with E-state index < -0.39 is 18.1 Å². The average molecular weight is 348 g/mol. The molecule has 0 spiro atoms. The zero-order valence-electron chi connectivity index (χ0n) is 13.9. The Hall–Kier alpha value is -1.50. The summed E-state index contributed by atoms with van der Waals surface area (Å²) in [5.41, 5.74) is 0.772. The summed E-state index contributed by atoms with van der Waals surface area (Å²) in [7, 11) is 1.73. The maximum absolute atomic E-state index is 12.6. The van der Waals surface area contributed by atoms with Crippen LogP contribution in [0.1, 0.15) is 49.6 Å². The molecule has 1 aliphatic carbocycles. The van der Waals surface area contributed by atoms with Crippen LogP contribution in [-0.2, 0) is 4.79 Å². The Labute approximate surface area is 145 Å². The van der Waals surface area contributed by atoms with Crippen LogP contribution in [0, 0.1) is 0 Å². The van der Waals surface area contributed by atoms with Crippen LogP contribution in [0.4, 0.5) is 0 Å². The van der Waals surface area contributed by atoms with Crippen LogP contribution in [0.3, 0.4) is 0 Å². The molecule has 1 aromatic heterocycles. The normalized spacial score (nSPS) is 19.0. The molecule has 0 bridgehead atoms. The lowest BCUT2D eigenvalue weighted by Crippen LogP contribution is -2.45. The first-order valence-corrected chi connectivity index (χ1v) is 9.38. The van der Waals surface area contributed by atoms with Gasteiger partial charge in [-0.3, -0.25) is 4.79 Å². The summed E-state index contributed by atoms with van der Waals surface area (Å²) in [6.45, 7) is 0. The first-order chi connectivity index (χ1) is 11.6. The number of thiazole rings is 1. The van der Waals surface area contributed by atoms with Crippen molar-refractivity contribution < 1.29 is 15.0 Å². The Balaban J connectivity index is 1.71. The molecule has 130 valence electrons. The predicted molar refractivity (Wildman–Crippen MR) is 94.8 cm³/mol. The van der Waals surface area contributed by atoms with Crippen molar-refractivity contribution in [3.05, 3.63) is 29.3 Å². The van der Waals surface area contributed by atoms with Crippen LogP contribution in [0.15, 0.2) is 24.3 Å². The number of aromatic nitrogens is 1. The van der Waals surface area contributed by atoms with Crippen LogP contribution < -0.4 is 0 Å². The Morgan fingerprint density at radius 2 is 1.88 bits per heavy atom. The van der Waals surface area contributed by atoms with Crippen LogP contribution in [0.25, 0.3) is 10.2 Å². The van der Waals surface area contributed by atoms with Gasteiger partial charge in [-0.05, 0) is 25.0 Å². The van der Waals surface area contributed by atoms with Gasteiger partial charge in [0.25, 0.3) is 5.91 Å². The minimum atomic E-state index is -1.47. The zero-order valence-corrected chi connectivity index (χ0v) is 14.7. The summed E-state index contributed by atoms with van der Waals surface area (Å²) in [6.07, 6.45) is 3.79. The Bertz CT molecular complexity index is 661. The van der Waals surface area contributed by atoms with Gasteiger partial charge < -0.3 is 15.1 Å². The minimum Gasteiger partial charge on any atom is -0.383 e. The molecule has 2 unspecified atom stereocenters. The maximum Gasteiger partial charge on any atom is 0.254 e. The Morgan fingerprint density at radius 1 is 1.21 bits per heavy atom. The number of hydrogen-bond acceptors (Lipinski definition) is 5. The van der Waals surface area contributed by atoms with Crippen molar-refractivity contribution in [2.24, 2.45) is 0 Å². The van der Waals surface area contributed by atoms with Crippen LogP contribution >= 0.6 is 11.3 Å². The molecule has 1 aromatic carbocycles. The quantitative estimate of drug-likeness (QED) is 0.833. The van der Waals surface area contributed by atoms with E-state index >= 15 is 0 Å². The topological polar surface area (TPSA) is 73.7 Å². The SMILES string of the molecule is CN(C(=O)C(O)C(O)c1nc2ccccc2s1)C1CCCCCC1. The van der Waals surface area contributed by atoms with Crippen molar-refractivity contribution in [3.8, 4) is 0 Å². The third kappa shape index (κ3) is 3.61. The predicted octanol–water partition coefficient (Wildman–Crippen LogP) is 2.87. The molecule has 0 aliphatic heterocycles. The van der Waals surface area contributed by atoms with E-state index in [0.717, 1.165) is 35.9 Å². The number of benzene rings is 1. The van der Waals surface area contributed by atoms with Crippen molar-refractivity contribution in [3.63, 3.8) is 0 Å². The van der Waals surface area contributed by atoms with E-state index in [9.17, 15) is 15.0 Å². The van der Waals surface area contributed by atoms with Crippen molar-refractivity contribution in [2.75, 3.05) is 7.05 Å². The van der Waals surface area contributed by atoms with Gasteiger partial charge in [-0.15, -0.1) is 11.3 Å². The number of likely N-dealkylation sites (N-methyl/N-ethyl adjacent to an activating group) is 1. The van der Waals surface area contributed by atoms with Crippen LogP contribution in [0.2, 0.25) is 0 Å². The second-order valence-corrected chi connectivity index (χ2v) is 7.57. The Kier molecular flexibility index (Phi) is 5.48. The molecule has 0 radical (unpaired) electrons. The lowest BCUT2D eigenvalue weighted by Gasteiger charge is -2.30. The first-order valence-electron chi connectivity index (χ1n) is 8.56. The Morgan fingerprint density at radius 3 is 2.54 bits per heavy atom. The number of carbonyl (C=O) groups is 1. The lowest BCUT2D eigenvalue weighted by molar-refractivity contribution is -0.147. The molecule has 0 saturated heterocycles. The van der Waals surface area contributed by atoms with Gasteiger partial charge in [0.1, 0.15) is 11.1 Å². The molecule has 3 rings (SSSR count). The average Bonchev–Trinajstić information content (AvgIpc) is 2.85. The second-order valence-electron chi connectivity index (χ2n) is 6.50. The van der Waals surface area contributed by atoms with Gasteiger partial charge in [-0.25, -0.2) is 4.98 Å². The van der Waals surface area contributed by atoms with Gasteiger partial charge >= 0.3 is 0 Å². The molecule has 2 aromatic rings. The largest absolute Gasteiger partial charge is 0.383 e. The summed E-state index contributed by atoms with van der Waals surface area (Å²) in [5.74, 6) is -0.423. The molecular weight excluding hydrogens is 324 g/mol. The van der Waals surface area contributed by atoms with E-state index in [2.05, 4.69) is 4.98 Å². The molecule has 5 nitrogen and oxygen atoms in total. The van der Waals surface area contributed by atoms with Gasteiger partial charge in [0.2, 0.25) is 0 Å². The monoisotopic (exact) mass is 348 g/mol. The van der Waals surface area contributed by atoms with Gasteiger partial charge in [0.15, 0.2) is 6.10 Å². The number of rotatable bonds is 4. The number of carbonyl (C=O) groups excluding carboxylic acids is 1. The van der Waals surface area contributed by atoms with Crippen molar-refractivity contribution in [2.45, 2.75) is 56.8 Å². The highest BCUT2D eigenvalue weighted by molar-refractivity contribution is 7.18. The van der Waals surface area contributed by atoms with Gasteiger partial charge in [-0.2, -0.15) is 0 Å². The minimum absolute atomic E-state index is 0.150. The smallest absolute Gasteiger partial charge is 0.254 e. The fraction of sp³-hybridized carbons (Fsp3) is 0.556. The summed E-state index contributed by atoms with van der Waals surface area (Å²) >= 11 is 1.31. The standard InChI is InChI=1S/C18H24N2O3S/c1-20(12-8-4-2-3-5-9-12)18(23)16(22)15(21)17-19-13-10-6-7-11-14(13)24-17/h6-7,10-12,15-16,21-22H,2-5,8-9H2,1H3. The fourth-order valence-electron chi connectivity index (χ4n) is 3.32. The van der Waals surface area contributed by atoms with Gasteiger partial charge in [-0.1, -0.05) is 37.8 Å². The summed E-state index contributed by atoms with van der Waals surface area (Å²) in [4.78, 5) is 18.5. The summed E-state index contributed by atoms with van der Waals surface area (Å²) in [6, 6.07) is 7.69. The molecule has 1 saturated carbocycles. The van der Waals surface area contributed by atoms with E-state index in [1.807, 2.05) is 24.3 Å². The molecule has 1 aliphatic rings. The number of fused-ring (bicyclic) bond motifs is 1. The van der Waals surface area contributed by atoms with E-state index in [1.165, 1.54) is 24.2 Å². The maximum atomic E-state index is 12.6. The van der Waals surface area contributed by atoms with Crippen LogP contribution in [0.5, 0.6) is 0 Å². The van der Waals surface area contributed by atoms with Crippen molar-refractivity contribution >= 4 is 27.5 Å². The van der Waals surface area contributed by atoms with E-state index in [-0.39, 0.29) is 6.04 Å². The summed E-state index contributed by atoms with van der Waals surface area (Å²) < 4.78 is 0.934. The fourth-order valence-corrected chi connectivity index (χ4v) is 4.30. The molecule has 24 heavy (non-hydrogen) atoms. The van der Waals surface area contributed by atoms with Gasteiger partial charge in [0, 0.05) is 13.1 Å². The third-order valence-corrected chi connectivity index (χ3v) is 5.94. The molecule has 6 heteroatoms. The lowest BCUT2D eigenvalue weighted by atomic mass is 10.1. The number of aliphatic hydroxyl groups is 2. The first kappa shape index (κ1) is 17.3. The van der Waals surface area contributed by atoms with E-state index in [1.54, 1.807) is 11.9 Å². The second kappa shape index (κ2) is 7.59. The number of aliphatic hydroxyl groups excluding tert-OH is 2. The van der Waals surface area contributed by atoms with Gasteiger partial charge in [0.05, 0.1) is 10.2 Å². The van der Waals surface area contributed by atoms with Crippen LogP contribution in [-0.4, -0.2) is 45.2 Å². The highest BCUT2D eigenvalue weighted by atomic mass is 32.1. The van der Waals surface area contributed by atoms with Crippen molar-refractivity contribution in [1.29, 1.82) is 0 Å². The number of nitrogens with zero attached hydrogens (tertiary/aromatic N) is 2. The zero-order chi connectivity index (χ0) is 17.1. The number of para-hydroxylation sites is 1. The molecular formula is C18H24N2O3S. The molecule has 2 atom stereocenters. The number of amides is 1. The van der Waals surface area contributed by atoms with Crippen molar-refractivity contribution in [1.82, 2.24) is 9.88 Å². The summed E-state index contributed by atoms with van der Waals surface area (Å²) in [5, 5.41) is 21.2. The molecule has 1 fully saturated rings.